The van der Waals surface area contributed by atoms with Crippen LogP contribution in [-0.4, -0.2) is 35.8 Å². The van der Waals surface area contributed by atoms with Gasteiger partial charge in [0.05, 0.1) is 17.9 Å². The first-order valence-electron chi connectivity index (χ1n) is 12.6. The van der Waals surface area contributed by atoms with Crippen LogP contribution in [0.1, 0.15) is 37.3 Å². The van der Waals surface area contributed by atoms with Crippen molar-refractivity contribution in [3.63, 3.8) is 0 Å². The number of nitrogens with zero attached hydrogens (tertiary/aromatic N) is 3. The lowest BCUT2D eigenvalue weighted by Gasteiger charge is -2.31. The molecule has 0 atom stereocenters. The van der Waals surface area contributed by atoms with Gasteiger partial charge in [0, 0.05) is 17.9 Å². The molecule has 0 aromatic heterocycles. The van der Waals surface area contributed by atoms with Gasteiger partial charge in [-0.2, -0.15) is 10.1 Å². The predicted octanol–water partition coefficient (Wildman–Crippen LogP) is 5.82. The summed E-state index contributed by atoms with van der Waals surface area (Å²) in [5.74, 6) is -0.813. The van der Waals surface area contributed by atoms with Crippen molar-refractivity contribution >= 4 is 40.7 Å². The lowest BCUT2D eigenvalue weighted by atomic mass is 9.97. The maximum absolute atomic E-state index is 13.1. The minimum absolute atomic E-state index is 0.0719. The monoisotopic (exact) mass is 495 g/mol. The largest absolute Gasteiger partial charge is 0.494 e. The summed E-state index contributed by atoms with van der Waals surface area (Å²) in [4.78, 5) is 27.3. The minimum atomic E-state index is -1.23. The number of rotatable bonds is 8. The number of carbonyl (C=O) groups is 2. The van der Waals surface area contributed by atoms with Crippen LogP contribution >= 0.6 is 0 Å². The number of carboxylic acid groups (broad SMARTS) is 1. The van der Waals surface area contributed by atoms with Gasteiger partial charge < -0.3 is 14.7 Å². The van der Waals surface area contributed by atoms with Crippen molar-refractivity contribution in [1.82, 2.24) is 0 Å². The molecule has 1 N–H and O–H groups in total. The predicted molar refractivity (Wildman–Crippen MR) is 146 cm³/mol. The molecule has 0 aliphatic carbocycles. The van der Waals surface area contributed by atoms with Crippen LogP contribution in [0.2, 0.25) is 0 Å². The van der Waals surface area contributed by atoms with Gasteiger partial charge in [-0.05, 0) is 85.0 Å². The highest BCUT2D eigenvalue weighted by molar-refractivity contribution is 6.53. The summed E-state index contributed by atoms with van der Waals surface area (Å²) in [6.45, 7) is 3.77. The average Bonchev–Trinajstić information content (AvgIpc) is 3.25. The molecule has 3 aromatic carbocycles. The van der Waals surface area contributed by atoms with Crippen molar-refractivity contribution in [1.29, 1.82) is 0 Å². The van der Waals surface area contributed by atoms with Crippen molar-refractivity contribution in [2.45, 2.75) is 32.6 Å². The highest BCUT2D eigenvalue weighted by atomic mass is 16.5. The number of hydrogen-bond acceptors (Lipinski definition) is 5. The second kappa shape index (κ2) is 10.7. The quantitative estimate of drug-likeness (QED) is 0.315. The summed E-state index contributed by atoms with van der Waals surface area (Å²) in [6, 6.07) is 23.0. The van der Waals surface area contributed by atoms with E-state index in [2.05, 4.69) is 29.1 Å². The molecule has 1 amide bonds. The molecule has 7 nitrogen and oxygen atoms in total. The average molecular weight is 496 g/mol. The van der Waals surface area contributed by atoms with E-state index in [0.29, 0.717) is 5.69 Å². The zero-order valence-corrected chi connectivity index (χ0v) is 20.8. The fourth-order valence-corrected chi connectivity index (χ4v) is 4.65. The Labute approximate surface area is 216 Å². The first-order chi connectivity index (χ1) is 18.0. The third-order valence-electron chi connectivity index (χ3n) is 6.53. The summed E-state index contributed by atoms with van der Waals surface area (Å²) in [5, 5.41) is 15.0. The number of hydrazone groups is 1. The van der Waals surface area contributed by atoms with Gasteiger partial charge in [0.25, 0.3) is 5.91 Å². The highest BCUT2D eigenvalue weighted by Crippen LogP contribution is 2.35. The molecule has 0 radical (unpaired) electrons. The third-order valence-corrected chi connectivity index (χ3v) is 6.53. The Morgan fingerprint density at radius 2 is 1.84 bits per heavy atom. The Morgan fingerprint density at radius 1 is 1.05 bits per heavy atom. The SMILES string of the molecule is CCCCOc1ccc(N2CCCc3cc(C=C4C(=O)N(c5ccccc5)N=C4C(=O)O)ccc32)cc1. The molecule has 2 aliphatic heterocycles. The topological polar surface area (TPSA) is 82.4 Å². The number of para-hydroxylation sites is 1. The molecule has 7 heteroatoms. The molecule has 3 aromatic rings. The Balaban J connectivity index is 1.40. The van der Waals surface area contributed by atoms with Gasteiger partial charge in [-0.3, -0.25) is 4.79 Å². The van der Waals surface area contributed by atoms with E-state index in [0.717, 1.165) is 72.1 Å². The van der Waals surface area contributed by atoms with Gasteiger partial charge in [0.2, 0.25) is 0 Å². The normalized spacial score (nSPS) is 16.1. The highest BCUT2D eigenvalue weighted by Gasteiger charge is 2.35. The van der Waals surface area contributed by atoms with E-state index in [-0.39, 0.29) is 11.3 Å². The second-order valence-corrected chi connectivity index (χ2v) is 9.10. The van der Waals surface area contributed by atoms with Crippen LogP contribution in [0.3, 0.4) is 0 Å². The van der Waals surface area contributed by atoms with E-state index in [9.17, 15) is 14.7 Å². The number of ether oxygens (including phenoxy) is 1. The van der Waals surface area contributed by atoms with Crippen molar-refractivity contribution in [3.05, 3.63) is 89.5 Å². The molecule has 2 aliphatic rings. The summed E-state index contributed by atoms with van der Waals surface area (Å²) < 4.78 is 5.80. The van der Waals surface area contributed by atoms with Crippen LogP contribution in [0.15, 0.2) is 83.5 Å². The number of carboxylic acids is 1. The number of aryl methyl sites for hydroxylation is 1. The lowest BCUT2D eigenvalue weighted by Crippen LogP contribution is -2.24. The van der Waals surface area contributed by atoms with Gasteiger partial charge >= 0.3 is 5.97 Å². The number of anilines is 3. The van der Waals surface area contributed by atoms with Crippen LogP contribution in [0, 0.1) is 0 Å². The summed E-state index contributed by atoms with van der Waals surface area (Å²) in [6.07, 6.45) is 5.66. The molecular weight excluding hydrogens is 466 g/mol. The number of unbranched alkanes of at least 4 members (excludes halogenated alkanes) is 1. The van der Waals surface area contributed by atoms with Crippen LogP contribution in [0.25, 0.3) is 6.08 Å². The number of carbonyl (C=O) groups excluding carboxylic acids is 1. The number of benzene rings is 3. The summed E-state index contributed by atoms with van der Waals surface area (Å²) >= 11 is 0. The van der Waals surface area contributed by atoms with Crippen LogP contribution in [0.4, 0.5) is 17.1 Å². The third kappa shape index (κ3) is 5.11. The van der Waals surface area contributed by atoms with Crippen molar-refractivity contribution in [2.24, 2.45) is 5.10 Å². The van der Waals surface area contributed by atoms with Crippen molar-refractivity contribution in [3.8, 4) is 5.75 Å². The van der Waals surface area contributed by atoms with Gasteiger partial charge in [0.15, 0.2) is 5.71 Å². The van der Waals surface area contributed by atoms with E-state index in [1.54, 1.807) is 30.3 Å². The Hall–Kier alpha value is -4.39. The molecule has 37 heavy (non-hydrogen) atoms. The van der Waals surface area contributed by atoms with E-state index in [1.165, 1.54) is 0 Å². The summed E-state index contributed by atoms with van der Waals surface area (Å²) in [7, 11) is 0. The molecule has 0 fully saturated rings. The molecule has 2 heterocycles. The number of hydrogen-bond donors (Lipinski definition) is 1. The number of fused-ring (bicyclic) bond motifs is 1. The lowest BCUT2D eigenvalue weighted by molar-refractivity contribution is -0.129. The fraction of sp³-hybridized carbons (Fsp3) is 0.233. The molecule has 188 valence electrons. The van der Waals surface area contributed by atoms with E-state index < -0.39 is 11.9 Å². The van der Waals surface area contributed by atoms with Gasteiger partial charge in [-0.15, -0.1) is 0 Å². The first kappa shape index (κ1) is 24.3. The molecule has 0 unspecified atom stereocenters. The van der Waals surface area contributed by atoms with Crippen LogP contribution in [0.5, 0.6) is 5.75 Å². The smallest absolute Gasteiger partial charge is 0.357 e. The second-order valence-electron chi connectivity index (χ2n) is 9.10. The standard InChI is InChI=1S/C30H29N3O4/c1-2-3-18-37-25-14-12-23(13-15-25)32-17-7-8-22-19-21(11-16-27(22)32)20-26-28(30(35)36)31-33(29(26)34)24-9-5-4-6-10-24/h4-6,9-16,19-20H,2-3,7-8,17-18H2,1H3,(H,35,36). The van der Waals surface area contributed by atoms with Gasteiger partial charge in [0.1, 0.15) is 5.75 Å². The van der Waals surface area contributed by atoms with E-state index in [1.807, 2.05) is 36.4 Å². The van der Waals surface area contributed by atoms with E-state index >= 15 is 0 Å². The Bertz CT molecular complexity index is 1360. The van der Waals surface area contributed by atoms with Crippen LogP contribution < -0.4 is 14.6 Å². The van der Waals surface area contributed by atoms with Crippen LogP contribution in [-0.2, 0) is 16.0 Å². The summed E-state index contributed by atoms with van der Waals surface area (Å²) in [5.41, 5.74) is 4.48. The molecule has 0 saturated carbocycles. The maximum Gasteiger partial charge on any atom is 0.357 e. The molecular formula is C30H29N3O4. The van der Waals surface area contributed by atoms with Crippen molar-refractivity contribution in [2.75, 3.05) is 23.1 Å². The molecule has 5 rings (SSSR count). The van der Waals surface area contributed by atoms with E-state index in [4.69, 9.17) is 4.74 Å². The van der Waals surface area contributed by atoms with Gasteiger partial charge in [-0.25, -0.2) is 4.79 Å². The maximum atomic E-state index is 13.1. The number of amides is 1. The molecule has 0 saturated heterocycles. The Kier molecular flexibility index (Phi) is 7.03. The minimum Gasteiger partial charge on any atom is -0.494 e. The van der Waals surface area contributed by atoms with Gasteiger partial charge in [-0.1, -0.05) is 37.6 Å². The zero-order chi connectivity index (χ0) is 25.8. The van der Waals surface area contributed by atoms with Crippen molar-refractivity contribution < 1.29 is 19.4 Å². The zero-order valence-electron chi connectivity index (χ0n) is 20.8. The Morgan fingerprint density at radius 3 is 2.57 bits per heavy atom. The number of aliphatic carboxylic acids is 1. The molecule has 0 bridgehead atoms. The first-order valence-corrected chi connectivity index (χ1v) is 12.6. The fourth-order valence-electron chi connectivity index (χ4n) is 4.65. The molecule has 0 spiro atoms.